The predicted molar refractivity (Wildman–Crippen MR) is 88.2 cm³/mol. The number of nitriles is 1. The minimum atomic E-state index is -0.997. The molecule has 1 aromatic carbocycles. The van der Waals surface area contributed by atoms with E-state index >= 15 is 0 Å². The van der Waals surface area contributed by atoms with Gasteiger partial charge in [-0.3, -0.25) is 4.79 Å². The minimum Gasteiger partial charge on any atom is -0.493 e. The quantitative estimate of drug-likeness (QED) is 0.786. The van der Waals surface area contributed by atoms with Gasteiger partial charge in [0.25, 0.3) is 0 Å². The highest BCUT2D eigenvalue weighted by atomic mass is 16.5. The van der Waals surface area contributed by atoms with E-state index in [2.05, 4.69) is 16.2 Å². The Morgan fingerprint density at radius 2 is 2.16 bits per heavy atom. The number of hydrogen-bond acceptors (Lipinski definition) is 5. The maximum absolute atomic E-state index is 11.6. The van der Waals surface area contributed by atoms with Crippen LogP contribution in [0, 0.1) is 11.3 Å². The smallest absolute Gasteiger partial charge is 0.317 e. The summed E-state index contributed by atoms with van der Waals surface area (Å²) in [7, 11) is 1.53. The van der Waals surface area contributed by atoms with E-state index < -0.39 is 11.4 Å². The number of carboxylic acid groups (broad SMARTS) is 1. The molecule has 0 spiro atoms. The highest BCUT2D eigenvalue weighted by Crippen LogP contribution is 2.47. The fourth-order valence-corrected chi connectivity index (χ4v) is 2.93. The first kappa shape index (κ1) is 15.1. The summed E-state index contributed by atoms with van der Waals surface area (Å²) >= 11 is 0. The number of carboxylic acids is 1. The first-order valence-electron chi connectivity index (χ1n) is 7.77. The third-order valence-corrected chi connectivity index (χ3v) is 4.54. The van der Waals surface area contributed by atoms with Gasteiger partial charge in [0.15, 0.2) is 17.2 Å². The van der Waals surface area contributed by atoms with E-state index in [1.807, 2.05) is 12.1 Å². The van der Waals surface area contributed by atoms with Crippen LogP contribution < -0.4 is 4.74 Å². The lowest BCUT2D eigenvalue weighted by Gasteiger charge is -2.07. The number of hydrogen-bond donors (Lipinski definition) is 1. The molecule has 0 bridgehead atoms. The molecular weight excluding hydrogens is 320 g/mol. The number of rotatable bonds is 4. The average molecular weight is 334 g/mol. The van der Waals surface area contributed by atoms with Crippen LogP contribution in [0.3, 0.4) is 0 Å². The zero-order valence-electron chi connectivity index (χ0n) is 13.4. The van der Waals surface area contributed by atoms with E-state index in [1.54, 1.807) is 28.8 Å². The largest absolute Gasteiger partial charge is 0.493 e. The molecule has 2 aromatic heterocycles. The second-order valence-electron chi connectivity index (χ2n) is 6.04. The molecule has 0 saturated heterocycles. The van der Waals surface area contributed by atoms with Gasteiger partial charge in [-0.05, 0) is 37.1 Å². The molecule has 1 saturated carbocycles. The number of methoxy groups -OCH3 is 1. The van der Waals surface area contributed by atoms with Crippen molar-refractivity contribution in [2.75, 3.05) is 7.11 Å². The number of aromatic nitrogens is 3. The highest BCUT2D eigenvalue weighted by Gasteiger charge is 2.55. The maximum atomic E-state index is 11.6. The van der Waals surface area contributed by atoms with Crippen molar-refractivity contribution in [2.24, 2.45) is 0 Å². The molecular formula is C18H14N4O3. The zero-order chi connectivity index (χ0) is 17.6. The topological polar surface area (TPSA) is 101 Å². The van der Waals surface area contributed by atoms with Gasteiger partial charge in [-0.15, -0.1) is 5.10 Å². The molecule has 0 aliphatic heterocycles. The van der Waals surface area contributed by atoms with Gasteiger partial charge in [-0.25, -0.2) is 9.50 Å². The van der Waals surface area contributed by atoms with Crippen molar-refractivity contribution in [3.63, 3.8) is 0 Å². The summed E-state index contributed by atoms with van der Waals surface area (Å²) in [4.78, 5) is 16.0. The summed E-state index contributed by atoms with van der Waals surface area (Å²) in [6, 6.07) is 12.8. The van der Waals surface area contributed by atoms with Crippen molar-refractivity contribution in [2.45, 2.75) is 18.3 Å². The van der Waals surface area contributed by atoms with Crippen LogP contribution in [0.4, 0.5) is 0 Å². The monoisotopic (exact) mass is 334 g/mol. The Balaban J connectivity index is 1.96. The lowest BCUT2D eigenvalue weighted by molar-refractivity contribution is -0.140. The van der Waals surface area contributed by atoms with Crippen LogP contribution in [0.2, 0.25) is 0 Å². The minimum absolute atomic E-state index is 0.294. The number of ether oxygens (including phenoxy) is 1. The Morgan fingerprint density at radius 1 is 1.36 bits per heavy atom. The third-order valence-electron chi connectivity index (χ3n) is 4.54. The second-order valence-corrected chi connectivity index (χ2v) is 6.04. The Hall–Kier alpha value is -3.40. The summed E-state index contributed by atoms with van der Waals surface area (Å²) < 4.78 is 6.94. The van der Waals surface area contributed by atoms with Gasteiger partial charge in [0.05, 0.1) is 24.4 Å². The fourth-order valence-electron chi connectivity index (χ4n) is 2.93. The van der Waals surface area contributed by atoms with Crippen LogP contribution in [0.25, 0.3) is 16.9 Å². The first-order valence-corrected chi connectivity index (χ1v) is 7.77. The van der Waals surface area contributed by atoms with Gasteiger partial charge < -0.3 is 9.84 Å². The molecule has 0 radical (unpaired) electrons. The molecule has 1 fully saturated rings. The van der Waals surface area contributed by atoms with Gasteiger partial charge in [-0.1, -0.05) is 12.1 Å². The molecule has 25 heavy (non-hydrogen) atoms. The standard InChI is InChI=1S/C18H14N4O3/c1-25-14-6-5-13(12-4-2-3-11(9-12)10-19)22-15(14)20-16(21-22)18(7-8-18)17(23)24/h2-6,9H,7-8H2,1H3,(H,23,24). The van der Waals surface area contributed by atoms with E-state index in [1.165, 1.54) is 7.11 Å². The predicted octanol–water partition coefficient (Wildman–Crippen LogP) is 2.39. The van der Waals surface area contributed by atoms with E-state index in [9.17, 15) is 9.90 Å². The number of benzene rings is 1. The molecule has 1 aliphatic rings. The van der Waals surface area contributed by atoms with Crippen molar-refractivity contribution < 1.29 is 14.6 Å². The number of carbonyl (C=O) groups is 1. The molecule has 3 aromatic rings. The van der Waals surface area contributed by atoms with Crippen LogP contribution in [0.5, 0.6) is 5.75 Å². The Bertz CT molecular complexity index is 1040. The molecule has 7 heteroatoms. The zero-order valence-corrected chi connectivity index (χ0v) is 13.4. The lowest BCUT2D eigenvalue weighted by Crippen LogP contribution is -2.21. The number of pyridine rings is 1. The Labute approximate surface area is 143 Å². The van der Waals surface area contributed by atoms with Crippen LogP contribution in [-0.2, 0) is 10.2 Å². The summed E-state index contributed by atoms with van der Waals surface area (Å²) in [6.07, 6.45) is 1.06. The number of nitrogens with zero attached hydrogens (tertiary/aromatic N) is 4. The molecule has 2 heterocycles. The molecule has 7 nitrogen and oxygen atoms in total. The number of aliphatic carboxylic acids is 1. The SMILES string of the molecule is COc1ccc(-c2cccc(C#N)c2)n2nc(C3(C(=O)O)CC3)nc12. The van der Waals surface area contributed by atoms with Gasteiger partial charge in [0, 0.05) is 5.56 Å². The molecule has 0 amide bonds. The van der Waals surface area contributed by atoms with Crippen molar-refractivity contribution >= 4 is 11.6 Å². The molecule has 1 aliphatic carbocycles. The van der Waals surface area contributed by atoms with Gasteiger partial charge >= 0.3 is 5.97 Å². The average Bonchev–Trinajstić information content (AvgIpc) is 3.33. The summed E-state index contributed by atoms with van der Waals surface area (Å²) in [5.41, 5.74) is 1.51. The molecule has 1 N–H and O–H groups in total. The van der Waals surface area contributed by atoms with Crippen LogP contribution in [0.15, 0.2) is 36.4 Å². The van der Waals surface area contributed by atoms with Crippen LogP contribution >= 0.6 is 0 Å². The van der Waals surface area contributed by atoms with Crippen molar-refractivity contribution in [1.82, 2.24) is 14.6 Å². The summed E-state index contributed by atoms with van der Waals surface area (Å²) in [5, 5.41) is 23.1. The van der Waals surface area contributed by atoms with Gasteiger partial charge in [0.2, 0.25) is 0 Å². The van der Waals surface area contributed by atoms with Crippen LogP contribution in [0.1, 0.15) is 24.2 Å². The normalized spacial score (nSPS) is 14.9. The van der Waals surface area contributed by atoms with E-state index in [-0.39, 0.29) is 0 Å². The van der Waals surface area contributed by atoms with Crippen LogP contribution in [-0.4, -0.2) is 32.8 Å². The summed E-state index contributed by atoms with van der Waals surface area (Å²) in [6.45, 7) is 0. The molecule has 124 valence electrons. The van der Waals surface area contributed by atoms with Gasteiger partial charge in [0.1, 0.15) is 5.41 Å². The van der Waals surface area contributed by atoms with Gasteiger partial charge in [-0.2, -0.15) is 5.26 Å². The van der Waals surface area contributed by atoms with E-state index in [0.717, 1.165) is 5.56 Å². The van der Waals surface area contributed by atoms with E-state index in [4.69, 9.17) is 10.00 Å². The second kappa shape index (κ2) is 5.31. The third kappa shape index (κ3) is 2.22. The number of fused-ring (bicyclic) bond motifs is 1. The lowest BCUT2D eigenvalue weighted by atomic mass is 10.1. The van der Waals surface area contributed by atoms with Crippen molar-refractivity contribution in [3.8, 4) is 23.1 Å². The Morgan fingerprint density at radius 3 is 2.80 bits per heavy atom. The summed E-state index contributed by atoms with van der Waals surface area (Å²) in [5.74, 6) is -0.0993. The van der Waals surface area contributed by atoms with E-state index in [0.29, 0.717) is 41.3 Å². The molecule has 0 atom stereocenters. The van der Waals surface area contributed by atoms with Crippen molar-refractivity contribution in [1.29, 1.82) is 5.26 Å². The Kier molecular flexibility index (Phi) is 3.22. The molecule has 0 unspecified atom stereocenters. The highest BCUT2D eigenvalue weighted by molar-refractivity contribution is 5.84. The van der Waals surface area contributed by atoms with Crippen molar-refractivity contribution in [3.05, 3.63) is 47.8 Å². The fraction of sp³-hybridized carbons (Fsp3) is 0.222. The molecule has 4 rings (SSSR count). The maximum Gasteiger partial charge on any atom is 0.317 e. The first-order chi connectivity index (χ1) is 12.1.